The Morgan fingerprint density at radius 3 is 2.95 bits per heavy atom. The highest BCUT2D eigenvalue weighted by Crippen LogP contribution is 2.42. The van der Waals surface area contributed by atoms with Crippen LogP contribution in [0, 0.1) is 0 Å². The van der Waals surface area contributed by atoms with E-state index in [0.29, 0.717) is 6.04 Å². The molecule has 5 heteroatoms. The first-order valence-electron chi connectivity index (χ1n) is 7.68. The summed E-state index contributed by atoms with van der Waals surface area (Å²) in [6, 6.07) is 0.419. The Balaban J connectivity index is 1.94. The zero-order valence-corrected chi connectivity index (χ0v) is 13.2. The largest absolute Gasteiger partial charge is 0.381 e. The molecule has 2 heterocycles. The van der Waals surface area contributed by atoms with Crippen molar-refractivity contribution in [2.24, 2.45) is 0 Å². The van der Waals surface area contributed by atoms with Crippen molar-refractivity contribution >= 4 is 11.3 Å². The number of hydrogen-bond donors (Lipinski definition) is 1. The van der Waals surface area contributed by atoms with E-state index in [1.54, 1.807) is 0 Å². The number of aryl methyl sites for hydroxylation is 1. The van der Waals surface area contributed by atoms with Crippen LogP contribution in [0.25, 0.3) is 0 Å². The molecule has 1 saturated heterocycles. The first-order valence-corrected chi connectivity index (χ1v) is 8.50. The van der Waals surface area contributed by atoms with Gasteiger partial charge in [0.15, 0.2) is 0 Å². The second kappa shape index (κ2) is 6.10. The molecule has 112 valence electrons. The molecule has 1 fully saturated rings. The van der Waals surface area contributed by atoms with Crippen LogP contribution in [0.2, 0.25) is 0 Å². The Hall–Kier alpha value is -0.490. The van der Waals surface area contributed by atoms with Crippen LogP contribution in [0.15, 0.2) is 0 Å². The van der Waals surface area contributed by atoms with Crippen molar-refractivity contribution in [3.05, 3.63) is 15.6 Å². The van der Waals surface area contributed by atoms with Gasteiger partial charge in [-0.15, -0.1) is 11.3 Å². The summed E-state index contributed by atoms with van der Waals surface area (Å²) >= 11 is 1.87. The van der Waals surface area contributed by atoms with Crippen LogP contribution in [0.5, 0.6) is 0 Å². The zero-order chi connectivity index (χ0) is 14.0. The van der Waals surface area contributed by atoms with Crippen LogP contribution >= 0.6 is 11.3 Å². The van der Waals surface area contributed by atoms with Gasteiger partial charge in [-0.1, -0.05) is 0 Å². The molecule has 0 bridgehead atoms. The van der Waals surface area contributed by atoms with Crippen LogP contribution in [-0.4, -0.2) is 31.9 Å². The summed E-state index contributed by atoms with van der Waals surface area (Å²) in [7, 11) is 2.03. The Labute approximate surface area is 124 Å². The van der Waals surface area contributed by atoms with E-state index in [4.69, 9.17) is 14.5 Å². The Morgan fingerprint density at radius 1 is 1.45 bits per heavy atom. The first-order chi connectivity index (χ1) is 9.79. The monoisotopic (exact) mass is 296 g/mol. The Kier molecular flexibility index (Phi) is 4.40. The number of nitrogens with zero attached hydrogens (tertiary/aromatic N) is 1. The fourth-order valence-electron chi connectivity index (χ4n) is 3.29. The molecule has 1 aliphatic carbocycles. The van der Waals surface area contributed by atoms with Crippen molar-refractivity contribution in [1.29, 1.82) is 0 Å². The highest BCUT2D eigenvalue weighted by Gasteiger charge is 2.39. The molecule has 1 unspecified atom stereocenters. The molecule has 4 nitrogen and oxygen atoms in total. The summed E-state index contributed by atoms with van der Waals surface area (Å²) in [5, 5.41) is 4.58. The lowest BCUT2D eigenvalue weighted by Crippen LogP contribution is -2.36. The van der Waals surface area contributed by atoms with Crippen LogP contribution in [-0.2, 0) is 21.5 Å². The van der Waals surface area contributed by atoms with Gasteiger partial charge >= 0.3 is 0 Å². The number of nitrogens with one attached hydrogen (secondary N) is 1. The van der Waals surface area contributed by atoms with Crippen LogP contribution in [0.1, 0.15) is 54.2 Å². The average molecular weight is 296 g/mol. The van der Waals surface area contributed by atoms with E-state index in [1.165, 1.54) is 34.8 Å². The van der Waals surface area contributed by atoms with Crippen molar-refractivity contribution < 1.29 is 9.47 Å². The third-order valence-corrected chi connectivity index (χ3v) is 5.73. The van der Waals surface area contributed by atoms with Gasteiger partial charge in [-0.2, -0.15) is 0 Å². The zero-order valence-electron chi connectivity index (χ0n) is 12.4. The number of rotatable bonds is 4. The van der Waals surface area contributed by atoms with Gasteiger partial charge in [0.25, 0.3) is 0 Å². The number of thiazole rings is 1. The van der Waals surface area contributed by atoms with E-state index in [2.05, 4.69) is 12.2 Å². The summed E-state index contributed by atoms with van der Waals surface area (Å²) in [5.74, 6) is 0. The first kappa shape index (κ1) is 14.4. The lowest BCUT2D eigenvalue weighted by atomic mass is 9.94. The molecule has 3 rings (SSSR count). The fourth-order valence-corrected chi connectivity index (χ4v) is 4.66. The molecule has 1 N–H and O–H groups in total. The normalized spacial score (nSPS) is 25.4. The maximum absolute atomic E-state index is 6.15. The van der Waals surface area contributed by atoms with E-state index >= 15 is 0 Å². The molecule has 2 aliphatic rings. The minimum Gasteiger partial charge on any atom is -0.381 e. The summed E-state index contributed by atoms with van der Waals surface area (Å²) in [4.78, 5) is 6.45. The van der Waals surface area contributed by atoms with Crippen molar-refractivity contribution in [2.45, 2.75) is 50.7 Å². The van der Waals surface area contributed by atoms with Gasteiger partial charge in [0.05, 0.1) is 11.7 Å². The van der Waals surface area contributed by atoms with Crippen molar-refractivity contribution in [3.63, 3.8) is 0 Å². The second-order valence-corrected chi connectivity index (χ2v) is 6.68. The standard InChI is InChI=1S/C15H24N2O2S/c1-3-19-15(7-9-18-10-8-15)14-17-13-11(16-2)5-4-6-12(13)20-14/h11,16H,3-10H2,1-2H3. The van der Waals surface area contributed by atoms with Gasteiger partial charge in [0.1, 0.15) is 10.6 Å². The van der Waals surface area contributed by atoms with Gasteiger partial charge in [-0.25, -0.2) is 4.98 Å². The van der Waals surface area contributed by atoms with Crippen LogP contribution in [0.3, 0.4) is 0 Å². The molecule has 0 spiro atoms. The molecule has 20 heavy (non-hydrogen) atoms. The SMILES string of the molecule is CCOC1(c2nc3c(s2)CCCC3NC)CCOCC1. The van der Waals surface area contributed by atoms with Gasteiger partial charge in [0, 0.05) is 37.5 Å². The van der Waals surface area contributed by atoms with Gasteiger partial charge in [-0.05, 0) is 33.2 Å². The molecule has 1 aromatic rings. The molecular weight excluding hydrogens is 272 g/mol. The van der Waals surface area contributed by atoms with Crippen LogP contribution < -0.4 is 5.32 Å². The minimum absolute atomic E-state index is 0.201. The third kappa shape index (κ3) is 2.52. The van der Waals surface area contributed by atoms with Crippen LogP contribution in [0.4, 0.5) is 0 Å². The van der Waals surface area contributed by atoms with Gasteiger partial charge in [0.2, 0.25) is 0 Å². The summed E-state index contributed by atoms with van der Waals surface area (Å²) in [5.41, 5.74) is 1.07. The lowest BCUT2D eigenvalue weighted by Gasteiger charge is -2.35. The molecule has 0 radical (unpaired) electrons. The topological polar surface area (TPSA) is 43.4 Å². The predicted molar refractivity (Wildman–Crippen MR) is 80.2 cm³/mol. The Morgan fingerprint density at radius 2 is 2.25 bits per heavy atom. The van der Waals surface area contributed by atoms with Gasteiger partial charge < -0.3 is 14.8 Å². The smallest absolute Gasteiger partial charge is 0.125 e. The lowest BCUT2D eigenvalue weighted by molar-refractivity contribution is -0.112. The molecule has 1 atom stereocenters. The molecule has 0 amide bonds. The van der Waals surface area contributed by atoms with E-state index in [9.17, 15) is 0 Å². The predicted octanol–water partition coefficient (Wildman–Crippen LogP) is 2.78. The maximum atomic E-state index is 6.15. The third-order valence-electron chi connectivity index (χ3n) is 4.41. The van der Waals surface area contributed by atoms with E-state index in [0.717, 1.165) is 32.7 Å². The quantitative estimate of drug-likeness (QED) is 0.928. The van der Waals surface area contributed by atoms with E-state index in [-0.39, 0.29) is 5.60 Å². The molecule has 1 aromatic heterocycles. The number of hydrogen-bond acceptors (Lipinski definition) is 5. The second-order valence-electron chi connectivity index (χ2n) is 5.60. The van der Waals surface area contributed by atoms with Gasteiger partial charge in [-0.3, -0.25) is 0 Å². The highest BCUT2D eigenvalue weighted by molar-refractivity contribution is 7.11. The van der Waals surface area contributed by atoms with Crippen molar-refractivity contribution in [1.82, 2.24) is 10.3 Å². The summed E-state index contributed by atoms with van der Waals surface area (Å²) in [6.07, 6.45) is 5.47. The number of aromatic nitrogens is 1. The molecule has 1 aliphatic heterocycles. The molecular formula is C15H24N2O2S. The van der Waals surface area contributed by atoms with Crippen molar-refractivity contribution in [2.75, 3.05) is 26.9 Å². The van der Waals surface area contributed by atoms with Crippen molar-refractivity contribution in [3.8, 4) is 0 Å². The minimum atomic E-state index is -0.201. The summed E-state index contributed by atoms with van der Waals surface area (Å²) in [6.45, 7) is 4.36. The maximum Gasteiger partial charge on any atom is 0.125 e. The fraction of sp³-hybridized carbons (Fsp3) is 0.800. The molecule has 0 aromatic carbocycles. The summed E-state index contributed by atoms with van der Waals surface area (Å²) < 4.78 is 11.7. The Bertz CT molecular complexity index is 449. The number of ether oxygens (including phenoxy) is 2. The number of fused-ring (bicyclic) bond motifs is 1. The van der Waals surface area contributed by atoms with E-state index in [1.807, 2.05) is 18.4 Å². The van der Waals surface area contributed by atoms with E-state index < -0.39 is 0 Å². The molecule has 0 saturated carbocycles. The average Bonchev–Trinajstić information content (AvgIpc) is 2.93. The highest BCUT2D eigenvalue weighted by atomic mass is 32.1.